The van der Waals surface area contributed by atoms with Gasteiger partial charge >= 0.3 is 0 Å². The van der Waals surface area contributed by atoms with Crippen LogP contribution in [0.25, 0.3) is 11.0 Å². The van der Waals surface area contributed by atoms with Crippen LogP contribution in [-0.2, 0) is 7.05 Å². The van der Waals surface area contributed by atoms with Gasteiger partial charge in [-0.3, -0.25) is 4.79 Å². The topological polar surface area (TPSA) is 74.4 Å². The van der Waals surface area contributed by atoms with E-state index in [1.165, 1.54) is 30.6 Å². The molecule has 2 saturated carbocycles. The van der Waals surface area contributed by atoms with Crippen molar-refractivity contribution in [3.05, 3.63) is 57.2 Å². The summed E-state index contributed by atoms with van der Waals surface area (Å²) in [5.74, 6) is 0.586. The molecule has 0 saturated heterocycles. The van der Waals surface area contributed by atoms with Crippen molar-refractivity contribution in [2.45, 2.75) is 50.6 Å². The second-order valence-electron chi connectivity index (χ2n) is 10.2. The van der Waals surface area contributed by atoms with E-state index < -0.39 is 0 Å². The lowest BCUT2D eigenvalue weighted by molar-refractivity contribution is 0.363. The van der Waals surface area contributed by atoms with Gasteiger partial charge in [-0.1, -0.05) is 11.6 Å². The van der Waals surface area contributed by atoms with Crippen molar-refractivity contribution in [3.63, 3.8) is 0 Å². The summed E-state index contributed by atoms with van der Waals surface area (Å²) in [5, 5.41) is 10.2. The average Bonchev–Trinajstić information content (AvgIpc) is 3.73. The van der Waals surface area contributed by atoms with Crippen LogP contribution in [0.2, 0.25) is 5.15 Å². The molecule has 2 aliphatic carbocycles. The number of hydrogen-bond donors (Lipinski definition) is 0. The third kappa shape index (κ3) is 4.85. The summed E-state index contributed by atoms with van der Waals surface area (Å²) >= 11 is 6.22. The summed E-state index contributed by atoms with van der Waals surface area (Å²) in [6, 6.07) is 11.1. The second-order valence-corrected chi connectivity index (χ2v) is 10.6. The maximum absolute atomic E-state index is 14.1. The molecule has 0 amide bonds. The first-order chi connectivity index (χ1) is 17.8. The standard InChI is InChI=1S/C28H31ClFN5O2/c1-33(27-21(15-31)28(36)34(2)23-12-13-25(29)32-26(23)27)18-6-8-19(9-7-18)35(16-17-4-5-17)20-10-11-22(30)24(14-20)37-3/h10-14,17-19H,4-9,16H2,1-3H3/t18-,19+. The number of nitrogens with zero attached hydrogens (tertiary/aromatic N) is 5. The van der Waals surface area contributed by atoms with E-state index in [0.717, 1.165) is 37.9 Å². The number of fused-ring (bicyclic) bond motifs is 1. The number of rotatable bonds is 7. The Morgan fingerprint density at radius 2 is 1.86 bits per heavy atom. The van der Waals surface area contributed by atoms with E-state index in [4.69, 9.17) is 16.3 Å². The summed E-state index contributed by atoms with van der Waals surface area (Å²) in [5.41, 5.74) is 2.49. The van der Waals surface area contributed by atoms with Crippen LogP contribution in [-0.4, -0.2) is 42.3 Å². The summed E-state index contributed by atoms with van der Waals surface area (Å²) in [6.45, 7) is 0.959. The zero-order valence-corrected chi connectivity index (χ0v) is 22.1. The van der Waals surface area contributed by atoms with E-state index in [0.29, 0.717) is 33.8 Å². The molecule has 2 aromatic heterocycles. The van der Waals surface area contributed by atoms with Crippen LogP contribution in [0.5, 0.6) is 5.75 Å². The minimum Gasteiger partial charge on any atom is -0.494 e. The highest BCUT2D eigenvalue weighted by Gasteiger charge is 2.34. The molecule has 2 fully saturated rings. The Labute approximate surface area is 221 Å². The van der Waals surface area contributed by atoms with Crippen LogP contribution in [0.15, 0.2) is 35.1 Å². The molecule has 194 valence electrons. The fourth-order valence-corrected chi connectivity index (χ4v) is 5.77. The first kappa shape index (κ1) is 25.3. The Hall–Kier alpha value is -3.31. The fourth-order valence-electron chi connectivity index (χ4n) is 5.62. The van der Waals surface area contributed by atoms with Crippen molar-refractivity contribution < 1.29 is 9.13 Å². The first-order valence-electron chi connectivity index (χ1n) is 12.7. The monoisotopic (exact) mass is 523 g/mol. The van der Waals surface area contributed by atoms with Crippen molar-refractivity contribution in [1.29, 1.82) is 5.26 Å². The van der Waals surface area contributed by atoms with Gasteiger partial charge in [0.25, 0.3) is 5.56 Å². The molecule has 3 aromatic rings. The number of ether oxygens (including phenoxy) is 1. The van der Waals surface area contributed by atoms with Crippen LogP contribution < -0.4 is 20.1 Å². The van der Waals surface area contributed by atoms with Gasteiger partial charge in [0.15, 0.2) is 11.6 Å². The molecule has 0 atom stereocenters. The highest BCUT2D eigenvalue weighted by molar-refractivity contribution is 6.29. The fraction of sp³-hybridized carbons (Fsp3) is 0.464. The molecule has 7 nitrogen and oxygen atoms in total. The summed E-state index contributed by atoms with van der Waals surface area (Å²) in [4.78, 5) is 22.0. The van der Waals surface area contributed by atoms with E-state index in [2.05, 4.69) is 16.0 Å². The Kier molecular flexibility index (Phi) is 7.00. The normalized spacial score (nSPS) is 19.5. The molecule has 0 N–H and O–H groups in total. The Balaban J connectivity index is 1.41. The van der Waals surface area contributed by atoms with Crippen molar-refractivity contribution in [1.82, 2.24) is 9.55 Å². The maximum atomic E-state index is 14.1. The van der Waals surface area contributed by atoms with Crippen molar-refractivity contribution in [2.75, 3.05) is 30.5 Å². The van der Waals surface area contributed by atoms with Gasteiger partial charge in [-0.05, 0) is 68.7 Å². The molecule has 9 heteroatoms. The van der Waals surface area contributed by atoms with Crippen LogP contribution in [0, 0.1) is 23.1 Å². The molecular weight excluding hydrogens is 493 g/mol. The number of halogens is 2. The smallest absolute Gasteiger partial charge is 0.270 e. The van der Waals surface area contributed by atoms with E-state index in [1.807, 2.05) is 18.0 Å². The number of anilines is 2. The number of hydrogen-bond acceptors (Lipinski definition) is 6. The lowest BCUT2D eigenvalue weighted by Crippen LogP contribution is -2.44. The number of pyridine rings is 2. The third-order valence-electron chi connectivity index (χ3n) is 7.92. The number of aryl methyl sites for hydroxylation is 1. The van der Waals surface area contributed by atoms with Crippen molar-refractivity contribution >= 4 is 34.0 Å². The number of aromatic nitrogens is 2. The molecule has 0 bridgehead atoms. The predicted molar refractivity (Wildman–Crippen MR) is 144 cm³/mol. The third-order valence-corrected chi connectivity index (χ3v) is 8.13. The summed E-state index contributed by atoms with van der Waals surface area (Å²) in [6.07, 6.45) is 6.14. The highest BCUT2D eigenvalue weighted by atomic mass is 35.5. The molecule has 1 aromatic carbocycles. The zero-order valence-electron chi connectivity index (χ0n) is 21.4. The van der Waals surface area contributed by atoms with Gasteiger partial charge < -0.3 is 19.1 Å². The minimum atomic E-state index is -0.355. The van der Waals surface area contributed by atoms with E-state index in [9.17, 15) is 14.4 Å². The lowest BCUT2D eigenvalue weighted by Gasteiger charge is -2.41. The predicted octanol–water partition coefficient (Wildman–Crippen LogP) is 5.27. The molecule has 0 radical (unpaired) electrons. The number of methoxy groups -OCH3 is 1. The molecule has 0 spiro atoms. The molecule has 37 heavy (non-hydrogen) atoms. The van der Waals surface area contributed by atoms with E-state index >= 15 is 0 Å². The molecule has 2 heterocycles. The largest absolute Gasteiger partial charge is 0.494 e. The molecular formula is C28H31ClFN5O2. The van der Waals surface area contributed by atoms with E-state index in [1.54, 1.807) is 25.2 Å². The van der Waals surface area contributed by atoms with Gasteiger partial charge in [0.1, 0.15) is 22.3 Å². The Morgan fingerprint density at radius 3 is 2.51 bits per heavy atom. The first-order valence-corrected chi connectivity index (χ1v) is 13.1. The SMILES string of the molecule is COc1cc(N(CC2CC2)[C@H]2CC[C@@H](N(C)c3c(C#N)c(=O)n(C)c4ccc(Cl)nc34)CC2)ccc1F. The van der Waals surface area contributed by atoms with Gasteiger partial charge in [0.05, 0.1) is 18.3 Å². The Bertz CT molecular complexity index is 1420. The second kappa shape index (κ2) is 10.2. The summed E-state index contributed by atoms with van der Waals surface area (Å²) in [7, 11) is 5.08. The van der Waals surface area contributed by atoms with Gasteiger partial charge in [-0.15, -0.1) is 0 Å². The quantitative estimate of drug-likeness (QED) is 0.393. The van der Waals surface area contributed by atoms with Crippen LogP contribution in [0.3, 0.4) is 0 Å². The van der Waals surface area contributed by atoms with E-state index in [-0.39, 0.29) is 28.7 Å². The molecule has 0 aliphatic heterocycles. The zero-order chi connectivity index (χ0) is 26.3. The molecule has 0 unspecified atom stereocenters. The Morgan fingerprint density at radius 1 is 1.16 bits per heavy atom. The van der Waals surface area contributed by atoms with Crippen molar-refractivity contribution in [3.8, 4) is 11.8 Å². The minimum absolute atomic E-state index is 0.0863. The number of nitriles is 1. The van der Waals surface area contributed by atoms with Gasteiger partial charge in [-0.25, -0.2) is 9.37 Å². The average molecular weight is 524 g/mol. The van der Waals surface area contributed by atoms with Crippen molar-refractivity contribution in [2.24, 2.45) is 13.0 Å². The van der Waals surface area contributed by atoms with Gasteiger partial charge in [0.2, 0.25) is 0 Å². The highest BCUT2D eigenvalue weighted by Crippen LogP contribution is 2.38. The van der Waals surface area contributed by atoms with Crippen LogP contribution >= 0.6 is 11.6 Å². The lowest BCUT2D eigenvalue weighted by atomic mass is 9.88. The van der Waals surface area contributed by atoms with Crippen LogP contribution in [0.4, 0.5) is 15.8 Å². The summed E-state index contributed by atoms with van der Waals surface area (Å²) < 4.78 is 20.8. The number of benzene rings is 1. The van der Waals surface area contributed by atoms with Crippen LogP contribution in [0.1, 0.15) is 44.1 Å². The van der Waals surface area contributed by atoms with Gasteiger partial charge in [0, 0.05) is 44.5 Å². The maximum Gasteiger partial charge on any atom is 0.270 e. The van der Waals surface area contributed by atoms with Gasteiger partial charge in [-0.2, -0.15) is 5.26 Å². The molecule has 2 aliphatic rings. The molecule has 5 rings (SSSR count).